The van der Waals surface area contributed by atoms with Crippen LogP contribution in [0, 0.1) is 15.5 Å². The maximum Gasteiger partial charge on any atom is 0.336 e. The van der Waals surface area contributed by atoms with E-state index in [2.05, 4.69) is 0 Å². The van der Waals surface area contributed by atoms with Gasteiger partial charge in [0.05, 0.1) is 10.5 Å². The summed E-state index contributed by atoms with van der Waals surface area (Å²) in [6, 6.07) is 3.57. The van der Waals surface area contributed by atoms with Crippen molar-refractivity contribution in [1.82, 2.24) is 0 Å². The van der Waals surface area contributed by atoms with Crippen LogP contribution in [0.3, 0.4) is 0 Å². The molecule has 0 fully saturated rings. The molecule has 0 amide bonds. The first kappa shape index (κ1) is 13.8. The van der Waals surface area contributed by atoms with Crippen molar-refractivity contribution in [3.05, 3.63) is 39.4 Å². The molecule has 1 aromatic rings. The van der Waals surface area contributed by atoms with Crippen molar-refractivity contribution in [2.45, 2.75) is 20.8 Å². The van der Waals surface area contributed by atoms with Crippen LogP contribution in [0.25, 0.3) is 0 Å². The molecule has 0 spiro atoms. The van der Waals surface area contributed by atoms with Crippen molar-refractivity contribution in [3.8, 4) is 0 Å². The highest BCUT2D eigenvalue weighted by Gasteiger charge is 2.33. The molecule has 1 N–H and O–H groups in total. The van der Waals surface area contributed by atoms with Gasteiger partial charge in [-0.05, 0) is 6.07 Å². The Morgan fingerprint density at radius 1 is 1.28 bits per heavy atom. The number of carboxylic acid groups (broad SMARTS) is 1. The molecule has 0 aliphatic heterocycles. The Kier molecular flexibility index (Phi) is 3.50. The SMILES string of the molecule is CC(C)(C)C(=O)c1c(C(=O)O)cccc1[N+](=O)[O-]. The Labute approximate surface area is 103 Å². The molecule has 1 aromatic carbocycles. The predicted octanol–water partition coefficient (Wildman–Crippen LogP) is 2.52. The van der Waals surface area contributed by atoms with E-state index >= 15 is 0 Å². The van der Waals surface area contributed by atoms with Gasteiger partial charge in [-0.15, -0.1) is 0 Å². The summed E-state index contributed by atoms with van der Waals surface area (Å²) in [6.45, 7) is 4.74. The Hall–Kier alpha value is -2.24. The van der Waals surface area contributed by atoms with Gasteiger partial charge >= 0.3 is 5.97 Å². The third-order valence-corrected chi connectivity index (χ3v) is 2.38. The van der Waals surface area contributed by atoms with Gasteiger partial charge in [0, 0.05) is 11.5 Å². The molecule has 0 radical (unpaired) electrons. The van der Waals surface area contributed by atoms with Crippen molar-refractivity contribution in [2.24, 2.45) is 5.41 Å². The summed E-state index contributed by atoms with van der Waals surface area (Å²) in [5.41, 5.74) is -2.06. The molecule has 0 aliphatic rings. The Bertz CT molecular complexity index is 496. The number of nitro benzene ring substituents is 1. The summed E-state index contributed by atoms with van der Waals surface area (Å²) in [7, 11) is 0. The Morgan fingerprint density at radius 2 is 1.83 bits per heavy atom. The summed E-state index contributed by atoms with van der Waals surface area (Å²) >= 11 is 0. The highest BCUT2D eigenvalue weighted by Crippen LogP contribution is 2.30. The van der Waals surface area contributed by atoms with E-state index in [0.29, 0.717) is 0 Å². The predicted molar refractivity (Wildman–Crippen MR) is 63.8 cm³/mol. The van der Waals surface area contributed by atoms with Gasteiger partial charge in [-0.2, -0.15) is 0 Å². The summed E-state index contributed by atoms with van der Waals surface area (Å²) < 4.78 is 0. The van der Waals surface area contributed by atoms with Gasteiger partial charge in [-0.25, -0.2) is 4.79 Å². The van der Waals surface area contributed by atoms with Crippen LogP contribution < -0.4 is 0 Å². The van der Waals surface area contributed by atoms with Crippen LogP contribution >= 0.6 is 0 Å². The number of carbonyl (C=O) groups is 2. The molecule has 0 heterocycles. The fourth-order valence-electron chi connectivity index (χ4n) is 1.48. The van der Waals surface area contributed by atoms with Crippen LogP contribution in [0.5, 0.6) is 0 Å². The number of carboxylic acids is 1. The molecule has 0 aromatic heterocycles. The first-order valence-electron chi connectivity index (χ1n) is 5.21. The van der Waals surface area contributed by atoms with Crippen LogP contribution in [0.1, 0.15) is 41.5 Å². The fraction of sp³-hybridized carbons (Fsp3) is 0.333. The highest BCUT2D eigenvalue weighted by molar-refractivity contribution is 6.10. The minimum absolute atomic E-state index is 0.343. The largest absolute Gasteiger partial charge is 0.478 e. The van der Waals surface area contributed by atoms with Gasteiger partial charge in [0.1, 0.15) is 5.56 Å². The summed E-state index contributed by atoms with van der Waals surface area (Å²) in [5, 5.41) is 19.9. The van der Waals surface area contributed by atoms with Crippen molar-refractivity contribution in [1.29, 1.82) is 0 Å². The van der Waals surface area contributed by atoms with Crippen LogP contribution in [0.4, 0.5) is 5.69 Å². The molecule has 6 heteroatoms. The Balaban J connectivity index is 3.61. The molecule has 18 heavy (non-hydrogen) atoms. The zero-order chi connectivity index (χ0) is 14.1. The Morgan fingerprint density at radius 3 is 2.22 bits per heavy atom. The van der Waals surface area contributed by atoms with E-state index in [4.69, 9.17) is 5.11 Å². The minimum atomic E-state index is -1.36. The molecule has 0 aliphatic carbocycles. The molecule has 0 saturated carbocycles. The molecule has 0 atom stereocenters. The van der Waals surface area contributed by atoms with E-state index in [1.807, 2.05) is 0 Å². The van der Waals surface area contributed by atoms with E-state index in [-0.39, 0.29) is 11.1 Å². The topological polar surface area (TPSA) is 97.5 Å². The van der Waals surface area contributed by atoms with E-state index in [1.165, 1.54) is 12.1 Å². The van der Waals surface area contributed by atoms with Gasteiger partial charge in [-0.1, -0.05) is 26.8 Å². The highest BCUT2D eigenvalue weighted by atomic mass is 16.6. The number of nitrogens with zero attached hydrogens (tertiary/aromatic N) is 1. The summed E-state index contributed by atoms with van der Waals surface area (Å²) in [5.74, 6) is -1.92. The van der Waals surface area contributed by atoms with Crippen molar-refractivity contribution < 1.29 is 19.6 Å². The molecule has 0 saturated heterocycles. The lowest BCUT2D eigenvalue weighted by Gasteiger charge is -2.17. The van der Waals surface area contributed by atoms with Gasteiger partial charge in [0.25, 0.3) is 5.69 Å². The lowest BCUT2D eigenvalue weighted by Crippen LogP contribution is -2.24. The number of benzene rings is 1. The van der Waals surface area contributed by atoms with E-state index < -0.39 is 27.8 Å². The number of aromatic carboxylic acids is 1. The molecular weight excluding hydrogens is 238 g/mol. The summed E-state index contributed by atoms with van der Waals surface area (Å²) in [4.78, 5) is 33.3. The number of carbonyl (C=O) groups excluding carboxylic acids is 1. The third kappa shape index (κ3) is 2.53. The van der Waals surface area contributed by atoms with Gasteiger partial charge in [-0.3, -0.25) is 14.9 Å². The number of ketones is 1. The van der Waals surface area contributed by atoms with Crippen molar-refractivity contribution >= 4 is 17.4 Å². The normalized spacial score (nSPS) is 11.1. The standard InChI is InChI=1S/C12H13NO5/c1-12(2,3)10(14)9-7(11(15)16)5-4-6-8(9)13(17)18/h4-6H,1-3H3,(H,15,16). The van der Waals surface area contributed by atoms with Crippen LogP contribution in [-0.4, -0.2) is 21.8 Å². The summed E-state index contributed by atoms with van der Waals surface area (Å²) in [6.07, 6.45) is 0. The molecule has 0 unspecified atom stereocenters. The van der Waals surface area contributed by atoms with Crippen LogP contribution in [0.15, 0.2) is 18.2 Å². The maximum atomic E-state index is 12.1. The average Bonchev–Trinajstić information content (AvgIpc) is 2.25. The first-order valence-corrected chi connectivity index (χ1v) is 5.21. The minimum Gasteiger partial charge on any atom is -0.478 e. The maximum absolute atomic E-state index is 12.1. The van der Waals surface area contributed by atoms with Crippen molar-refractivity contribution in [3.63, 3.8) is 0 Å². The van der Waals surface area contributed by atoms with Crippen LogP contribution in [0.2, 0.25) is 0 Å². The quantitative estimate of drug-likeness (QED) is 0.505. The second kappa shape index (κ2) is 4.56. The molecule has 1 rings (SSSR count). The van der Waals surface area contributed by atoms with Gasteiger partial charge < -0.3 is 5.11 Å². The van der Waals surface area contributed by atoms with Gasteiger partial charge in [0.2, 0.25) is 0 Å². The van der Waals surface area contributed by atoms with Crippen molar-refractivity contribution in [2.75, 3.05) is 0 Å². The fourth-order valence-corrected chi connectivity index (χ4v) is 1.48. The molecular formula is C12H13NO5. The molecule has 6 nitrogen and oxygen atoms in total. The number of Topliss-reactive ketones (excluding diaryl/α,β-unsaturated/α-hetero) is 1. The second-order valence-electron chi connectivity index (χ2n) is 4.84. The van der Waals surface area contributed by atoms with E-state index in [9.17, 15) is 19.7 Å². The zero-order valence-electron chi connectivity index (χ0n) is 10.3. The molecule has 0 bridgehead atoms. The lowest BCUT2D eigenvalue weighted by molar-refractivity contribution is -0.385. The number of rotatable bonds is 3. The smallest absolute Gasteiger partial charge is 0.336 e. The van der Waals surface area contributed by atoms with E-state index in [1.54, 1.807) is 20.8 Å². The molecule has 96 valence electrons. The number of nitro groups is 1. The van der Waals surface area contributed by atoms with E-state index in [0.717, 1.165) is 6.07 Å². The van der Waals surface area contributed by atoms with Gasteiger partial charge in [0.15, 0.2) is 5.78 Å². The average molecular weight is 251 g/mol. The van der Waals surface area contributed by atoms with Crippen LogP contribution in [-0.2, 0) is 0 Å². The zero-order valence-corrected chi connectivity index (χ0v) is 10.3. The number of hydrogen-bond donors (Lipinski definition) is 1. The second-order valence-corrected chi connectivity index (χ2v) is 4.84. The lowest BCUT2D eigenvalue weighted by atomic mass is 9.84. The monoisotopic (exact) mass is 251 g/mol. The first-order chi connectivity index (χ1) is 8.16. The third-order valence-electron chi connectivity index (χ3n) is 2.38. The number of hydrogen-bond acceptors (Lipinski definition) is 4.